The van der Waals surface area contributed by atoms with E-state index in [1.165, 1.54) is 37.9 Å². The third kappa shape index (κ3) is 6.82. The van der Waals surface area contributed by atoms with Gasteiger partial charge in [-0.3, -0.25) is 4.79 Å². The van der Waals surface area contributed by atoms with Gasteiger partial charge in [-0.2, -0.15) is 13.2 Å². The second-order valence-corrected chi connectivity index (χ2v) is 10.2. The van der Waals surface area contributed by atoms with E-state index in [1.54, 1.807) is 24.3 Å². The summed E-state index contributed by atoms with van der Waals surface area (Å²) < 4.78 is 47.9. The van der Waals surface area contributed by atoms with Gasteiger partial charge in [-0.25, -0.2) is 4.98 Å². The van der Waals surface area contributed by atoms with Crippen LogP contribution in [0.1, 0.15) is 78.9 Å². The molecule has 0 atom stereocenters. The number of pyridine rings is 1. The number of hydrogen-bond donors (Lipinski definition) is 3. The van der Waals surface area contributed by atoms with E-state index in [-0.39, 0.29) is 28.9 Å². The molecule has 4 rings (SSSR count). The van der Waals surface area contributed by atoms with E-state index in [0.717, 1.165) is 24.6 Å². The van der Waals surface area contributed by atoms with E-state index in [1.807, 2.05) is 19.9 Å². The number of carbonyl (C=O) groups excluding carboxylic acids is 1. The predicted octanol–water partition coefficient (Wildman–Crippen LogP) is 8.09. The largest absolute Gasteiger partial charge is 0.489 e. The van der Waals surface area contributed by atoms with E-state index in [9.17, 15) is 18.0 Å². The summed E-state index contributed by atoms with van der Waals surface area (Å²) in [6, 6.07) is 11.7. The Morgan fingerprint density at radius 2 is 1.72 bits per heavy atom. The summed E-state index contributed by atoms with van der Waals surface area (Å²) in [5.74, 6) is 0.907. The van der Waals surface area contributed by atoms with Crippen LogP contribution >= 0.6 is 0 Å². The number of carbonyl (C=O) groups is 1. The van der Waals surface area contributed by atoms with Gasteiger partial charge < -0.3 is 20.7 Å². The van der Waals surface area contributed by atoms with Crippen LogP contribution < -0.4 is 20.7 Å². The van der Waals surface area contributed by atoms with Crippen LogP contribution in [0.2, 0.25) is 0 Å². The van der Waals surface area contributed by atoms with Crippen molar-refractivity contribution in [3.05, 3.63) is 70.9 Å². The highest BCUT2D eigenvalue weighted by atomic mass is 19.4. The molecule has 1 aromatic heterocycles. The number of hydrogen-bond acceptors (Lipinski definition) is 5. The molecule has 3 aromatic rings. The molecule has 1 fully saturated rings. The SMILES string of the molecule is CNC(=O)c1ccccc1Nc1cc(Nc2cc(C)c(C3CCCCC3)cc2OC(C)C)ncc1C(F)(F)F. The summed E-state index contributed by atoms with van der Waals surface area (Å²) in [5.41, 5.74) is 2.29. The molecule has 9 heteroatoms. The third-order valence-electron chi connectivity index (χ3n) is 6.92. The van der Waals surface area contributed by atoms with Gasteiger partial charge in [0, 0.05) is 19.3 Å². The van der Waals surface area contributed by atoms with Gasteiger partial charge in [0.15, 0.2) is 0 Å². The van der Waals surface area contributed by atoms with Crippen molar-refractivity contribution >= 4 is 28.8 Å². The summed E-state index contributed by atoms with van der Waals surface area (Å²) in [4.78, 5) is 16.4. The summed E-state index contributed by atoms with van der Waals surface area (Å²) in [7, 11) is 1.47. The number of nitrogens with one attached hydrogen (secondary N) is 3. The average Bonchev–Trinajstić information content (AvgIpc) is 2.89. The molecular formula is C30H35F3N4O2. The Morgan fingerprint density at radius 3 is 2.38 bits per heavy atom. The highest BCUT2D eigenvalue weighted by Crippen LogP contribution is 2.41. The van der Waals surface area contributed by atoms with Crippen LogP contribution in [0.4, 0.5) is 36.1 Å². The van der Waals surface area contributed by atoms with Gasteiger partial charge in [0.25, 0.3) is 5.91 Å². The minimum Gasteiger partial charge on any atom is -0.489 e. The Morgan fingerprint density at radius 1 is 1.00 bits per heavy atom. The Kier molecular flexibility index (Phi) is 8.67. The number of rotatable bonds is 8. The van der Waals surface area contributed by atoms with E-state index in [0.29, 0.717) is 17.4 Å². The zero-order valence-corrected chi connectivity index (χ0v) is 22.7. The second-order valence-electron chi connectivity index (χ2n) is 10.2. The maximum Gasteiger partial charge on any atom is 0.419 e. The molecule has 0 aliphatic heterocycles. The highest BCUT2D eigenvalue weighted by Gasteiger charge is 2.34. The molecule has 1 aliphatic carbocycles. The van der Waals surface area contributed by atoms with Gasteiger partial charge in [0.1, 0.15) is 11.6 Å². The number of para-hydroxylation sites is 1. The fourth-order valence-electron chi connectivity index (χ4n) is 5.07. The number of anilines is 4. The Labute approximate surface area is 227 Å². The Bertz CT molecular complexity index is 1320. The first-order chi connectivity index (χ1) is 18.6. The van der Waals surface area contributed by atoms with Crippen molar-refractivity contribution in [3.63, 3.8) is 0 Å². The molecule has 0 radical (unpaired) electrons. The number of amides is 1. The number of aryl methyl sites for hydroxylation is 1. The molecule has 1 saturated carbocycles. The van der Waals surface area contributed by atoms with Crippen LogP contribution in [0.15, 0.2) is 48.7 Å². The van der Waals surface area contributed by atoms with Crippen molar-refractivity contribution in [3.8, 4) is 5.75 Å². The maximum absolute atomic E-state index is 13.9. The van der Waals surface area contributed by atoms with Gasteiger partial charge in [-0.05, 0) is 74.9 Å². The molecule has 3 N–H and O–H groups in total. The van der Waals surface area contributed by atoms with Gasteiger partial charge >= 0.3 is 6.18 Å². The van der Waals surface area contributed by atoms with Crippen molar-refractivity contribution in [1.29, 1.82) is 0 Å². The summed E-state index contributed by atoms with van der Waals surface area (Å²) in [5, 5.41) is 8.50. The Balaban J connectivity index is 1.72. The number of ether oxygens (including phenoxy) is 1. The minimum absolute atomic E-state index is 0.0912. The van der Waals surface area contributed by atoms with Gasteiger partial charge in [0.05, 0.1) is 34.3 Å². The van der Waals surface area contributed by atoms with Crippen LogP contribution in [0, 0.1) is 6.92 Å². The molecule has 0 spiro atoms. The maximum atomic E-state index is 13.9. The molecule has 39 heavy (non-hydrogen) atoms. The average molecular weight is 541 g/mol. The normalized spacial score (nSPS) is 14.3. The number of benzene rings is 2. The highest BCUT2D eigenvalue weighted by molar-refractivity contribution is 6.00. The monoisotopic (exact) mass is 540 g/mol. The Hall–Kier alpha value is -3.75. The zero-order chi connectivity index (χ0) is 28.2. The summed E-state index contributed by atoms with van der Waals surface area (Å²) in [6.45, 7) is 5.93. The number of nitrogens with zero attached hydrogens (tertiary/aromatic N) is 1. The zero-order valence-electron chi connectivity index (χ0n) is 22.7. The first-order valence-electron chi connectivity index (χ1n) is 13.3. The standard InChI is InChI=1S/C30H35F3N4O2/c1-18(2)39-27-15-22(20-10-6-5-7-11-20)19(3)14-26(27)37-28-16-25(23(17-35-28)30(31,32)33)36-24-13-9-8-12-21(24)29(38)34-4/h8-9,12-18,20H,5-7,10-11H2,1-4H3,(H,34,38)(H2,35,36,37). The molecule has 0 unspecified atom stereocenters. The first-order valence-corrected chi connectivity index (χ1v) is 13.3. The summed E-state index contributed by atoms with van der Waals surface area (Å²) in [6.07, 6.45) is 2.00. The lowest BCUT2D eigenvalue weighted by Crippen LogP contribution is -2.19. The molecular weight excluding hydrogens is 505 g/mol. The first kappa shape index (κ1) is 28.3. The van der Waals surface area contributed by atoms with Crippen molar-refractivity contribution in [1.82, 2.24) is 10.3 Å². The fraction of sp³-hybridized carbons (Fsp3) is 0.400. The minimum atomic E-state index is -4.65. The molecule has 0 bridgehead atoms. The van der Waals surface area contributed by atoms with Crippen molar-refractivity contribution in [2.75, 3.05) is 17.7 Å². The second kappa shape index (κ2) is 12.0. The topological polar surface area (TPSA) is 75.3 Å². The van der Waals surface area contributed by atoms with Gasteiger partial charge in [0.2, 0.25) is 0 Å². The predicted molar refractivity (Wildman–Crippen MR) is 148 cm³/mol. The van der Waals surface area contributed by atoms with Crippen molar-refractivity contribution in [2.24, 2.45) is 0 Å². The molecule has 1 heterocycles. The van der Waals surface area contributed by atoms with Crippen molar-refractivity contribution in [2.45, 2.75) is 71.1 Å². The molecule has 1 aliphatic rings. The molecule has 0 saturated heterocycles. The smallest absolute Gasteiger partial charge is 0.419 e. The fourth-order valence-corrected chi connectivity index (χ4v) is 5.07. The van der Waals surface area contributed by atoms with Gasteiger partial charge in [-0.1, -0.05) is 31.4 Å². The summed E-state index contributed by atoms with van der Waals surface area (Å²) >= 11 is 0. The van der Waals surface area contributed by atoms with E-state index >= 15 is 0 Å². The lowest BCUT2D eigenvalue weighted by molar-refractivity contribution is -0.137. The van der Waals surface area contributed by atoms with E-state index < -0.39 is 17.6 Å². The molecule has 208 valence electrons. The lowest BCUT2D eigenvalue weighted by Gasteiger charge is -2.26. The van der Waals surface area contributed by atoms with Crippen molar-refractivity contribution < 1.29 is 22.7 Å². The van der Waals surface area contributed by atoms with Crippen LogP contribution in [-0.4, -0.2) is 24.0 Å². The number of halogens is 3. The van der Waals surface area contributed by atoms with Crippen LogP contribution in [0.25, 0.3) is 0 Å². The van der Waals surface area contributed by atoms with E-state index in [2.05, 4.69) is 33.9 Å². The number of aromatic nitrogens is 1. The number of alkyl halides is 3. The van der Waals surface area contributed by atoms with Crippen LogP contribution in [0.5, 0.6) is 5.75 Å². The van der Waals surface area contributed by atoms with Crippen LogP contribution in [-0.2, 0) is 6.18 Å². The van der Waals surface area contributed by atoms with E-state index in [4.69, 9.17) is 4.74 Å². The molecule has 2 aromatic carbocycles. The van der Waals surface area contributed by atoms with Crippen LogP contribution in [0.3, 0.4) is 0 Å². The molecule has 1 amide bonds. The molecule has 6 nitrogen and oxygen atoms in total. The van der Waals surface area contributed by atoms with Gasteiger partial charge in [-0.15, -0.1) is 0 Å². The lowest BCUT2D eigenvalue weighted by atomic mass is 9.82. The quantitative estimate of drug-likeness (QED) is 0.269. The third-order valence-corrected chi connectivity index (χ3v) is 6.92.